The number of ether oxygens (including phenoxy) is 1. The maximum absolute atomic E-state index is 14.0. The Morgan fingerprint density at radius 1 is 1.19 bits per heavy atom. The monoisotopic (exact) mass is 293 g/mol. The van der Waals surface area contributed by atoms with Gasteiger partial charge in [-0.15, -0.1) is 0 Å². The number of rotatable bonds is 5. The number of halogens is 2. The van der Waals surface area contributed by atoms with Gasteiger partial charge in [0.1, 0.15) is 11.3 Å². The van der Waals surface area contributed by atoms with Gasteiger partial charge in [0, 0.05) is 11.3 Å². The van der Waals surface area contributed by atoms with Gasteiger partial charge in [-0.1, -0.05) is 30.3 Å². The largest absolute Gasteiger partial charge is 0.486 e. The second-order valence-electron chi connectivity index (χ2n) is 4.42. The van der Waals surface area contributed by atoms with Crippen LogP contribution in [0.4, 0.5) is 14.5 Å². The molecule has 0 bridgehead atoms. The predicted octanol–water partition coefficient (Wildman–Crippen LogP) is 3.14. The molecule has 0 spiro atoms. The van der Waals surface area contributed by atoms with Crippen molar-refractivity contribution in [1.29, 1.82) is 0 Å². The Hall–Kier alpha value is -2.63. The number of aromatic carboxylic acids is 1. The van der Waals surface area contributed by atoms with Gasteiger partial charge < -0.3 is 15.6 Å². The highest BCUT2D eigenvalue weighted by atomic mass is 19.3. The average molecular weight is 293 g/mol. The van der Waals surface area contributed by atoms with Crippen molar-refractivity contribution in [2.45, 2.75) is 5.92 Å². The summed E-state index contributed by atoms with van der Waals surface area (Å²) in [7, 11) is 0. The number of anilines is 1. The van der Waals surface area contributed by atoms with E-state index in [1.54, 1.807) is 6.07 Å². The Morgan fingerprint density at radius 2 is 1.86 bits per heavy atom. The van der Waals surface area contributed by atoms with Crippen LogP contribution in [-0.4, -0.2) is 17.7 Å². The van der Waals surface area contributed by atoms with Crippen LogP contribution in [0, 0.1) is 0 Å². The molecule has 0 unspecified atom stereocenters. The zero-order valence-electron chi connectivity index (χ0n) is 10.9. The van der Waals surface area contributed by atoms with E-state index >= 15 is 0 Å². The maximum atomic E-state index is 14.0. The van der Waals surface area contributed by atoms with Gasteiger partial charge in [-0.25, -0.2) is 4.79 Å². The third-order valence-corrected chi connectivity index (χ3v) is 2.84. The number of nitrogen functional groups attached to an aromatic ring is 1. The summed E-state index contributed by atoms with van der Waals surface area (Å²) in [5.74, 6) is -4.66. The Kier molecular flexibility index (Phi) is 4.07. The summed E-state index contributed by atoms with van der Waals surface area (Å²) in [5.41, 5.74) is 5.24. The van der Waals surface area contributed by atoms with Crippen LogP contribution in [-0.2, 0) is 5.92 Å². The summed E-state index contributed by atoms with van der Waals surface area (Å²) in [6.45, 7) is -0.957. The minimum atomic E-state index is -3.22. The van der Waals surface area contributed by atoms with Crippen LogP contribution in [0.1, 0.15) is 15.9 Å². The lowest BCUT2D eigenvalue weighted by atomic mass is 10.1. The number of alkyl halides is 2. The molecule has 0 saturated heterocycles. The first-order chi connectivity index (χ1) is 9.90. The van der Waals surface area contributed by atoms with Crippen LogP contribution in [0.3, 0.4) is 0 Å². The molecular weight excluding hydrogens is 280 g/mol. The topological polar surface area (TPSA) is 72.5 Å². The van der Waals surface area contributed by atoms with Crippen molar-refractivity contribution in [3.63, 3.8) is 0 Å². The molecule has 0 radical (unpaired) electrons. The van der Waals surface area contributed by atoms with Crippen molar-refractivity contribution in [1.82, 2.24) is 0 Å². The first-order valence-corrected chi connectivity index (χ1v) is 6.09. The number of hydrogen-bond donors (Lipinski definition) is 2. The second-order valence-corrected chi connectivity index (χ2v) is 4.42. The lowest BCUT2D eigenvalue weighted by molar-refractivity contribution is -0.0469. The van der Waals surface area contributed by atoms with Crippen LogP contribution in [0.5, 0.6) is 5.75 Å². The molecule has 6 heteroatoms. The molecule has 2 rings (SSSR count). The van der Waals surface area contributed by atoms with E-state index in [1.807, 2.05) is 0 Å². The van der Waals surface area contributed by atoms with Crippen LogP contribution < -0.4 is 10.5 Å². The fourth-order valence-electron chi connectivity index (χ4n) is 1.77. The quantitative estimate of drug-likeness (QED) is 0.831. The van der Waals surface area contributed by atoms with Crippen molar-refractivity contribution < 1.29 is 23.4 Å². The molecule has 4 nitrogen and oxygen atoms in total. The molecule has 0 aliphatic heterocycles. The minimum absolute atomic E-state index is 0.146. The van der Waals surface area contributed by atoms with Crippen molar-refractivity contribution in [3.05, 3.63) is 59.7 Å². The van der Waals surface area contributed by atoms with Gasteiger partial charge in [0.15, 0.2) is 6.61 Å². The summed E-state index contributed by atoms with van der Waals surface area (Å²) < 4.78 is 32.9. The van der Waals surface area contributed by atoms with E-state index in [2.05, 4.69) is 0 Å². The molecule has 110 valence electrons. The molecule has 0 heterocycles. The highest BCUT2D eigenvalue weighted by Crippen LogP contribution is 2.30. The van der Waals surface area contributed by atoms with Crippen molar-refractivity contribution in [2.24, 2.45) is 0 Å². The molecule has 21 heavy (non-hydrogen) atoms. The maximum Gasteiger partial charge on any atom is 0.339 e. The van der Waals surface area contributed by atoms with Crippen LogP contribution in [0.2, 0.25) is 0 Å². The predicted molar refractivity (Wildman–Crippen MR) is 73.6 cm³/mol. The molecule has 0 atom stereocenters. The van der Waals surface area contributed by atoms with E-state index in [4.69, 9.17) is 15.6 Å². The van der Waals surface area contributed by atoms with Gasteiger partial charge in [-0.3, -0.25) is 0 Å². The SMILES string of the molecule is Nc1ccc(OCC(F)(F)c2ccccc2)c(C(=O)O)c1. The Labute approximate surface area is 119 Å². The number of carboxylic acid groups (broad SMARTS) is 1. The van der Waals surface area contributed by atoms with E-state index in [1.165, 1.54) is 42.5 Å². The van der Waals surface area contributed by atoms with E-state index in [0.717, 1.165) is 0 Å². The Morgan fingerprint density at radius 3 is 2.48 bits per heavy atom. The molecule has 0 saturated carbocycles. The third-order valence-electron chi connectivity index (χ3n) is 2.84. The van der Waals surface area contributed by atoms with Gasteiger partial charge in [-0.2, -0.15) is 8.78 Å². The number of nitrogens with two attached hydrogens (primary N) is 1. The molecule has 0 aromatic heterocycles. The Bertz CT molecular complexity index is 645. The molecule has 2 aromatic carbocycles. The lowest BCUT2D eigenvalue weighted by Gasteiger charge is -2.18. The van der Waals surface area contributed by atoms with E-state index in [9.17, 15) is 13.6 Å². The smallest absolute Gasteiger partial charge is 0.339 e. The van der Waals surface area contributed by atoms with Gasteiger partial charge in [0.2, 0.25) is 0 Å². The van der Waals surface area contributed by atoms with E-state index in [0.29, 0.717) is 0 Å². The summed E-state index contributed by atoms with van der Waals surface area (Å²) in [6.07, 6.45) is 0. The highest BCUT2D eigenvalue weighted by molar-refractivity contribution is 5.92. The molecule has 0 aliphatic rings. The molecule has 0 amide bonds. The second kappa shape index (κ2) is 5.78. The van der Waals surface area contributed by atoms with Crippen LogP contribution in [0.25, 0.3) is 0 Å². The zero-order chi connectivity index (χ0) is 15.5. The fourth-order valence-corrected chi connectivity index (χ4v) is 1.77. The third kappa shape index (κ3) is 3.47. The molecule has 0 fully saturated rings. The first-order valence-electron chi connectivity index (χ1n) is 6.09. The van der Waals surface area contributed by atoms with Crippen molar-refractivity contribution in [2.75, 3.05) is 12.3 Å². The molecule has 2 aromatic rings. The molecule has 3 N–H and O–H groups in total. The van der Waals surface area contributed by atoms with E-state index in [-0.39, 0.29) is 22.6 Å². The molecule has 0 aliphatic carbocycles. The number of carbonyl (C=O) groups is 1. The fraction of sp³-hybridized carbons (Fsp3) is 0.133. The standard InChI is InChI=1S/C15H13F2NO3/c16-15(17,10-4-2-1-3-5-10)9-21-13-7-6-11(18)8-12(13)14(19)20/h1-8H,9,18H2,(H,19,20). The Balaban J connectivity index is 2.18. The van der Waals surface area contributed by atoms with E-state index < -0.39 is 18.5 Å². The van der Waals surface area contributed by atoms with Crippen molar-refractivity contribution in [3.8, 4) is 5.75 Å². The number of carboxylic acids is 1. The van der Waals surface area contributed by atoms with Gasteiger partial charge in [0.25, 0.3) is 0 Å². The van der Waals surface area contributed by atoms with Gasteiger partial charge >= 0.3 is 11.9 Å². The first kappa shape index (κ1) is 14.8. The zero-order valence-corrected chi connectivity index (χ0v) is 10.9. The van der Waals surface area contributed by atoms with Crippen LogP contribution in [0.15, 0.2) is 48.5 Å². The minimum Gasteiger partial charge on any atom is -0.486 e. The number of benzene rings is 2. The lowest BCUT2D eigenvalue weighted by Crippen LogP contribution is -2.23. The average Bonchev–Trinajstić information content (AvgIpc) is 2.47. The summed E-state index contributed by atoms with van der Waals surface area (Å²) >= 11 is 0. The van der Waals surface area contributed by atoms with Gasteiger partial charge in [-0.05, 0) is 18.2 Å². The van der Waals surface area contributed by atoms with Crippen LogP contribution >= 0.6 is 0 Å². The normalized spacial score (nSPS) is 11.1. The summed E-state index contributed by atoms with van der Waals surface area (Å²) in [5, 5.41) is 9.01. The van der Waals surface area contributed by atoms with Gasteiger partial charge in [0.05, 0.1) is 0 Å². The highest BCUT2D eigenvalue weighted by Gasteiger charge is 2.33. The number of hydrogen-bond acceptors (Lipinski definition) is 3. The van der Waals surface area contributed by atoms with Crippen molar-refractivity contribution >= 4 is 11.7 Å². The summed E-state index contributed by atoms with van der Waals surface area (Å²) in [4.78, 5) is 11.0. The molecular formula is C15H13F2NO3. The summed E-state index contributed by atoms with van der Waals surface area (Å²) in [6, 6.07) is 11.0.